The first kappa shape index (κ1) is 34.7. The molecule has 7 rings (SSSR count). The summed E-state index contributed by atoms with van der Waals surface area (Å²) >= 11 is 1.69. The van der Waals surface area contributed by atoms with Gasteiger partial charge >= 0.3 is 70.8 Å². The third-order valence-electron chi connectivity index (χ3n) is 7.52. The van der Waals surface area contributed by atoms with E-state index in [4.69, 9.17) is 0 Å². The van der Waals surface area contributed by atoms with Gasteiger partial charge in [-0.05, 0) is 21.5 Å². The molecule has 2 aliphatic rings. The molecule has 2 aliphatic carbocycles. The van der Waals surface area contributed by atoms with Crippen LogP contribution in [0.1, 0.15) is 37.8 Å². The van der Waals surface area contributed by atoms with Crippen molar-refractivity contribution in [3.8, 4) is 0 Å². The standard InChI is InChI=1S/2C16H13.C7H8Si.2ClH.Zr/c2*1-12-6-4-10-14(12)16-11-5-8-13-7-2-3-9-15(13)16;1-8-7-5-3-2-4-6-7;;;/h2*2-3,5,7-11H,4H2,1H3;2-6H,1H3;2*1H;/q2*-1;;;;+2/p-2. The van der Waals surface area contributed by atoms with Crippen LogP contribution in [-0.2, 0) is 23.3 Å². The van der Waals surface area contributed by atoms with Crippen LogP contribution in [0.3, 0.4) is 0 Å². The number of halogens is 2. The van der Waals surface area contributed by atoms with E-state index in [0.29, 0.717) is 0 Å². The van der Waals surface area contributed by atoms with Gasteiger partial charge in [0.05, 0.1) is 0 Å². The summed E-state index contributed by atoms with van der Waals surface area (Å²) in [6, 6.07) is 40.8. The molecule has 0 unspecified atom stereocenters. The molecule has 0 heterocycles. The Labute approximate surface area is 284 Å². The minimum atomic E-state index is -0.122. The van der Waals surface area contributed by atoms with Gasteiger partial charge in [0.1, 0.15) is 0 Å². The molecule has 0 N–H and O–H groups in total. The van der Waals surface area contributed by atoms with Crippen molar-refractivity contribution in [2.24, 2.45) is 0 Å². The Hall–Kier alpha value is -2.74. The summed E-state index contributed by atoms with van der Waals surface area (Å²) in [4.78, 5) is 0. The van der Waals surface area contributed by atoms with Crippen LogP contribution >= 0.6 is 0 Å². The predicted molar refractivity (Wildman–Crippen MR) is 176 cm³/mol. The summed E-state index contributed by atoms with van der Waals surface area (Å²) in [5.41, 5.74) is 7.78. The fraction of sp³-hybridized carbons (Fsp3) is 0.128. The molecule has 0 nitrogen and oxygen atoms in total. The van der Waals surface area contributed by atoms with Crippen LogP contribution in [0.15, 0.2) is 139 Å². The molecule has 43 heavy (non-hydrogen) atoms. The van der Waals surface area contributed by atoms with Gasteiger partial charge in [-0.1, -0.05) is 110 Å². The molecule has 0 bridgehead atoms. The van der Waals surface area contributed by atoms with Crippen molar-refractivity contribution in [1.82, 2.24) is 0 Å². The van der Waals surface area contributed by atoms with E-state index >= 15 is 0 Å². The Morgan fingerprint density at radius 2 is 0.930 bits per heavy atom. The van der Waals surface area contributed by atoms with Crippen molar-refractivity contribution in [3.05, 3.63) is 162 Å². The fourth-order valence-corrected chi connectivity index (χ4v) is 7.26. The SMILES string of the molecule is CC1=[C-]CC=C1c1cccc2ccccc12.CC1=[C-]CC=C1c1cccc2ccccc12.C[Si](=[Zr+2])c1ccccc1.[Cl-].[Cl-]. The largest absolute Gasteiger partial charge is 1.00 e. The predicted octanol–water partition coefficient (Wildman–Crippen LogP) is 3.82. The summed E-state index contributed by atoms with van der Waals surface area (Å²) in [7, 11) is 0. The molecule has 0 fully saturated rings. The van der Waals surface area contributed by atoms with Crippen LogP contribution in [0.2, 0.25) is 6.55 Å². The Morgan fingerprint density at radius 1 is 0.535 bits per heavy atom. The number of hydrogen-bond acceptors (Lipinski definition) is 0. The number of hydrogen-bond donors (Lipinski definition) is 0. The molecule has 0 saturated carbocycles. The minimum absolute atomic E-state index is 0. The summed E-state index contributed by atoms with van der Waals surface area (Å²) < 4.78 is 0. The van der Waals surface area contributed by atoms with Gasteiger partial charge in [0.2, 0.25) is 0 Å². The van der Waals surface area contributed by atoms with Gasteiger partial charge in [-0.2, -0.15) is 23.3 Å². The maximum atomic E-state index is 3.36. The van der Waals surface area contributed by atoms with Gasteiger partial charge in [0, 0.05) is 0 Å². The van der Waals surface area contributed by atoms with Crippen molar-refractivity contribution < 1.29 is 48.1 Å². The molecule has 0 aromatic heterocycles. The zero-order valence-corrected chi connectivity index (χ0v) is 29.8. The molecule has 0 radical (unpaired) electrons. The minimum Gasteiger partial charge on any atom is -1.00 e. The molecule has 214 valence electrons. The molecule has 0 atom stereocenters. The second-order valence-corrected chi connectivity index (χ2v) is 17.6. The summed E-state index contributed by atoms with van der Waals surface area (Å²) in [5, 5.41) is 6.83. The quantitative estimate of drug-likeness (QED) is 0.200. The molecule has 0 saturated heterocycles. The number of rotatable bonds is 3. The van der Waals surface area contributed by atoms with E-state index in [2.05, 4.69) is 160 Å². The Bertz CT molecular complexity index is 1710. The number of benzene rings is 5. The van der Waals surface area contributed by atoms with E-state index in [1.807, 2.05) is 0 Å². The molecular formula is C39H34Cl2SiZr-2. The Balaban J connectivity index is 0.000000180. The summed E-state index contributed by atoms with van der Waals surface area (Å²) in [5.74, 6) is 0. The maximum Gasteiger partial charge on any atom is -1.00 e. The van der Waals surface area contributed by atoms with Crippen molar-refractivity contribution in [1.29, 1.82) is 0 Å². The second-order valence-electron chi connectivity index (χ2n) is 10.3. The zero-order valence-electron chi connectivity index (χ0n) is 24.8. The maximum absolute atomic E-state index is 3.36. The smallest absolute Gasteiger partial charge is 1.00 e. The number of allylic oxidation sites excluding steroid dienone is 8. The van der Waals surface area contributed by atoms with Crippen LogP contribution < -0.4 is 30.0 Å². The van der Waals surface area contributed by atoms with Gasteiger partial charge < -0.3 is 24.8 Å². The van der Waals surface area contributed by atoms with Gasteiger partial charge in [0.15, 0.2) is 0 Å². The molecule has 4 heteroatoms. The van der Waals surface area contributed by atoms with Crippen molar-refractivity contribution >= 4 is 43.3 Å². The third kappa shape index (κ3) is 8.68. The normalized spacial score (nSPS) is 13.1. The van der Waals surface area contributed by atoms with Crippen LogP contribution in [0.25, 0.3) is 32.7 Å². The van der Waals surface area contributed by atoms with Gasteiger partial charge in [-0.25, -0.2) is 11.1 Å². The fourth-order valence-electron chi connectivity index (χ4n) is 5.34. The van der Waals surface area contributed by atoms with Crippen molar-refractivity contribution in [2.45, 2.75) is 33.2 Å². The van der Waals surface area contributed by atoms with Crippen molar-refractivity contribution in [2.75, 3.05) is 0 Å². The van der Waals surface area contributed by atoms with E-state index in [1.165, 1.54) is 55.0 Å². The molecule has 5 aromatic rings. The van der Waals surface area contributed by atoms with Crippen LogP contribution in [0.4, 0.5) is 0 Å². The van der Waals surface area contributed by atoms with E-state index in [9.17, 15) is 0 Å². The Kier molecular flexibility index (Phi) is 13.7. The first-order chi connectivity index (χ1) is 20.0. The zero-order chi connectivity index (χ0) is 28.6. The number of fused-ring (bicyclic) bond motifs is 2. The average molecular weight is 693 g/mol. The first-order valence-corrected chi connectivity index (χ1v) is 19.8. The van der Waals surface area contributed by atoms with E-state index in [1.54, 1.807) is 28.5 Å². The summed E-state index contributed by atoms with van der Waals surface area (Å²) in [6.45, 7) is 6.62. The second kappa shape index (κ2) is 16.9. The monoisotopic (exact) mass is 690 g/mol. The third-order valence-corrected chi connectivity index (χ3v) is 10.8. The molecule has 0 aliphatic heterocycles. The van der Waals surface area contributed by atoms with Crippen molar-refractivity contribution in [3.63, 3.8) is 0 Å². The summed E-state index contributed by atoms with van der Waals surface area (Å²) in [6.07, 6.45) is 13.1. The topological polar surface area (TPSA) is 0 Å². The van der Waals surface area contributed by atoms with Gasteiger partial charge in [-0.15, -0.1) is 12.8 Å². The molecule has 0 spiro atoms. The van der Waals surface area contributed by atoms with Crippen LogP contribution in [-0.4, -0.2) is 5.43 Å². The van der Waals surface area contributed by atoms with Gasteiger partial charge in [0.25, 0.3) is 0 Å². The van der Waals surface area contributed by atoms with Crippen LogP contribution in [0.5, 0.6) is 0 Å². The van der Waals surface area contributed by atoms with E-state index < -0.39 is 0 Å². The van der Waals surface area contributed by atoms with E-state index in [0.717, 1.165) is 12.8 Å². The average Bonchev–Trinajstić information content (AvgIpc) is 3.65. The first-order valence-electron chi connectivity index (χ1n) is 14.2. The molecular weight excluding hydrogens is 659 g/mol. The molecule has 5 aromatic carbocycles. The van der Waals surface area contributed by atoms with Gasteiger partial charge in [-0.3, -0.25) is 12.2 Å². The van der Waals surface area contributed by atoms with E-state index in [-0.39, 0.29) is 30.2 Å². The molecule has 0 amide bonds. The Morgan fingerprint density at radius 3 is 1.30 bits per heavy atom. The van der Waals surface area contributed by atoms with Crippen LogP contribution in [0, 0.1) is 12.2 Å².